The summed E-state index contributed by atoms with van der Waals surface area (Å²) in [5, 5.41) is 0. The van der Waals surface area contributed by atoms with Crippen LogP contribution in [0.25, 0.3) is 0 Å². The number of hydrogen-bond donors (Lipinski definition) is 0. The highest BCUT2D eigenvalue weighted by molar-refractivity contribution is 7.00. The number of benzene rings is 2. The lowest BCUT2D eigenvalue weighted by atomic mass is 9.89. The van der Waals surface area contributed by atoms with Gasteiger partial charge in [0.2, 0.25) is 0 Å². The highest BCUT2D eigenvalue weighted by Crippen LogP contribution is 2.34. The van der Waals surface area contributed by atoms with E-state index in [1.54, 1.807) is 49.4 Å². The summed E-state index contributed by atoms with van der Waals surface area (Å²) in [6.07, 6.45) is 0. The molecule has 2 atom stereocenters. The minimum Gasteiger partial charge on any atom is -0.496 e. The molecule has 0 aliphatic carbocycles. The van der Waals surface area contributed by atoms with Crippen LogP contribution in [-0.4, -0.2) is 32.6 Å². The summed E-state index contributed by atoms with van der Waals surface area (Å²) < 4.78 is 23.9. The number of Topliss-reactive ketones (excluding diaryl/α,β-unsaturated/α-hetero) is 1. The second-order valence-electron chi connectivity index (χ2n) is 5.00. The first kappa shape index (κ1) is 21.5. The van der Waals surface area contributed by atoms with Crippen LogP contribution >= 0.6 is 9.12 Å². The lowest BCUT2D eigenvalue weighted by Crippen LogP contribution is -2.25. The maximum atomic E-state index is 13.2. The Hall–Kier alpha value is -2.59. The number of rotatable bonds is 7. The number of methoxy groups -OCH3 is 2. The molecule has 2 rings (SSSR count). The van der Waals surface area contributed by atoms with Crippen molar-refractivity contribution >= 4 is 20.9 Å². The first-order valence-corrected chi connectivity index (χ1v) is 8.47. The van der Waals surface area contributed by atoms with Crippen LogP contribution in [-0.2, 0) is 14.1 Å². The van der Waals surface area contributed by atoms with Gasteiger partial charge in [-0.25, -0.2) is 0 Å². The van der Waals surface area contributed by atoms with E-state index in [0.717, 1.165) is 0 Å². The van der Waals surface area contributed by atoms with Gasteiger partial charge < -0.3 is 18.8 Å². The van der Waals surface area contributed by atoms with Gasteiger partial charge in [-0.15, -0.1) is 0 Å². The Bertz CT molecular complexity index is 710. The summed E-state index contributed by atoms with van der Waals surface area (Å²) in [6, 6.07) is 13.8. The van der Waals surface area contributed by atoms with E-state index < -0.39 is 17.7 Å². The standard InChI is InChI=1S/C19H20O5.H3OP/c1-4-24-19(21)16(13-9-6-5-7-10-13)18(20)17-14(22-2)11-8-12-15(17)23-3;1-2/h5-12,16H,4H2,1-3H3;2H3. The molecule has 2 aromatic rings. The van der Waals surface area contributed by atoms with Crippen LogP contribution in [0.2, 0.25) is 0 Å². The average molecular weight is 378 g/mol. The number of carbonyl (C=O) groups is 2. The maximum Gasteiger partial charge on any atom is 0.321 e. The maximum absolute atomic E-state index is 13.2. The molecule has 2 aromatic carbocycles. The van der Waals surface area contributed by atoms with Gasteiger partial charge in [0, 0.05) is 0 Å². The fraction of sp³-hybridized carbons (Fsp3) is 0.263. The van der Waals surface area contributed by atoms with Gasteiger partial charge in [0.1, 0.15) is 23.0 Å². The number of hydrogen-bond acceptors (Lipinski definition) is 6. The summed E-state index contributed by atoms with van der Waals surface area (Å²) in [4.78, 5) is 25.6. The molecule has 0 saturated carbocycles. The SMILES string of the molecule is CCOC(=O)C(C(=O)c1c(OC)cccc1OC)c1ccccc1.O=[PH3]. The predicted molar refractivity (Wildman–Crippen MR) is 101 cm³/mol. The fourth-order valence-corrected chi connectivity index (χ4v) is 2.50. The van der Waals surface area contributed by atoms with Crippen molar-refractivity contribution in [2.75, 3.05) is 20.8 Å². The first-order valence-electron chi connectivity index (χ1n) is 7.89. The highest BCUT2D eigenvalue weighted by atomic mass is 31.0. The van der Waals surface area contributed by atoms with Crippen molar-refractivity contribution < 1.29 is 28.4 Å². The molecule has 7 heteroatoms. The van der Waals surface area contributed by atoms with E-state index in [1.165, 1.54) is 14.2 Å². The molecule has 0 saturated heterocycles. The lowest BCUT2D eigenvalue weighted by molar-refractivity contribution is -0.143. The second kappa shape index (κ2) is 11.1. The average Bonchev–Trinajstić information content (AvgIpc) is 2.69. The Kier molecular flexibility index (Phi) is 9.17. The van der Waals surface area contributed by atoms with Crippen molar-refractivity contribution in [2.24, 2.45) is 0 Å². The molecule has 0 fully saturated rings. The number of esters is 1. The van der Waals surface area contributed by atoms with Crippen molar-refractivity contribution in [3.05, 3.63) is 59.7 Å². The molecule has 140 valence electrons. The molecule has 0 bridgehead atoms. The Morgan fingerprint density at radius 1 is 0.923 bits per heavy atom. The van der Waals surface area contributed by atoms with Gasteiger partial charge in [-0.3, -0.25) is 9.59 Å². The van der Waals surface area contributed by atoms with Crippen molar-refractivity contribution in [1.29, 1.82) is 0 Å². The van der Waals surface area contributed by atoms with Gasteiger partial charge in [-0.05, 0) is 24.6 Å². The van der Waals surface area contributed by atoms with E-state index in [0.29, 0.717) is 26.2 Å². The van der Waals surface area contributed by atoms with Gasteiger partial charge in [-0.2, -0.15) is 0 Å². The van der Waals surface area contributed by atoms with Crippen LogP contribution in [0.15, 0.2) is 48.5 Å². The van der Waals surface area contributed by atoms with Crippen LogP contribution in [0.5, 0.6) is 11.5 Å². The van der Waals surface area contributed by atoms with E-state index in [9.17, 15) is 9.59 Å². The molecule has 0 aliphatic heterocycles. The molecule has 0 radical (unpaired) electrons. The third kappa shape index (κ3) is 4.96. The van der Waals surface area contributed by atoms with Crippen LogP contribution in [0, 0.1) is 0 Å². The molecule has 6 nitrogen and oxygen atoms in total. The molecule has 0 heterocycles. The smallest absolute Gasteiger partial charge is 0.321 e. The molecule has 26 heavy (non-hydrogen) atoms. The van der Waals surface area contributed by atoms with Crippen LogP contribution in [0.1, 0.15) is 28.8 Å². The molecule has 0 spiro atoms. The largest absolute Gasteiger partial charge is 0.496 e. The van der Waals surface area contributed by atoms with E-state index in [1.807, 2.05) is 6.07 Å². The summed E-state index contributed by atoms with van der Waals surface area (Å²) in [5.41, 5.74) is 0.790. The lowest BCUT2D eigenvalue weighted by Gasteiger charge is -2.18. The van der Waals surface area contributed by atoms with Crippen LogP contribution in [0.4, 0.5) is 0 Å². The summed E-state index contributed by atoms with van der Waals surface area (Å²) in [5.74, 6) is -1.39. The van der Waals surface area contributed by atoms with Crippen molar-refractivity contribution in [1.82, 2.24) is 0 Å². The van der Waals surface area contributed by atoms with Crippen LogP contribution in [0.3, 0.4) is 0 Å². The number of carbonyl (C=O) groups excluding carboxylic acids is 2. The molecule has 0 amide bonds. The van der Waals surface area contributed by atoms with Gasteiger partial charge >= 0.3 is 5.97 Å². The predicted octanol–water partition coefficient (Wildman–Crippen LogP) is 3.17. The number of ketones is 1. The first-order chi connectivity index (χ1) is 12.6. The van der Waals surface area contributed by atoms with E-state index in [2.05, 4.69) is 0 Å². The molecular formula is C19H23O6P. The normalized spacial score (nSPS) is 10.9. The number of ether oxygens (including phenoxy) is 3. The third-order valence-electron chi connectivity index (χ3n) is 3.59. The van der Waals surface area contributed by atoms with Crippen molar-refractivity contribution in [3.8, 4) is 11.5 Å². The van der Waals surface area contributed by atoms with Crippen molar-refractivity contribution in [3.63, 3.8) is 0 Å². The molecule has 0 aromatic heterocycles. The summed E-state index contributed by atoms with van der Waals surface area (Å²) in [7, 11) is 3.54. The Morgan fingerprint density at radius 2 is 1.46 bits per heavy atom. The molecule has 0 N–H and O–H groups in total. The fourth-order valence-electron chi connectivity index (χ4n) is 2.50. The second-order valence-corrected chi connectivity index (χ2v) is 5.00. The zero-order chi connectivity index (χ0) is 19.5. The van der Waals surface area contributed by atoms with Crippen LogP contribution < -0.4 is 9.47 Å². The summed E-state index contributed by atoms with van der Waals surface area (Å²) in [6.45, 7) is 1.90. The molecule has 0 aliphatic rings. The Labute approximate surface area is 154 Å². The van der Waals surface area contributed by atoms with Crippen molar-refractivity contribution in [2.45, 2.75) is 12.8 Å². The Balaban J connectivity index is 0.00000163. The van der Waals surface area contributed by atoms with Gasteiger partial charge in [0.05, 0.1) is 29.9 Å². The van der Waals surface area contributed by atoms with E-state index in [-0.39, 0.29) is 12.2 Å². The molecule has 2 unspecified atom stereocenters. The molecular weight excluding hydrogens is 355 g/mol. The van der Waals surface area contributed by atoms with E-state index in [4.69, 9.17) is 18.8 Å². The highest BCUT2D eigenvalue weighted by Gasteiger charge is 2.34. The quantitative estimate of drug-likeness (QED) is 0.319. The Morgan fingerprint density at radius 3 is 1.92 bits per heavy atom. The topological polar surface area (TPSA) is 78.9 Å². The monoisotopic (exact) mass is 378 g/mol. The summed E-state index contributed by atoms with van der Waals surface area (Å²) >= 11 is 0. The zero-order valence-corrected chi connectivity index (χ0v) is 16.5. The van der Waals surface area contributed by atoms with Gasteiger partial charge in [0.25, 0.3) is 0 Å². The minimum absolute atomic E-state index is 0.193. The van der Waals surface area contributed by atoms with Gasteiger partial charge in [0.15, 0.2) is 5.78 Å². The minimum atomic E-state index is -1.07. The van der Waals surface area contributed by atoms with Gasteiger partial charge in [-0.1, -0.05) is 36.4 Å². The third-order valence-corrected chi connectivity index (χ3v) is 3.59. The van der Waals surface area contributed by atoms with E-state index >= 15 is 0 Å². The zero-order valence-electron chi connectivity index (χ0n) is 15.1.